The Morgan fingerprint density at radius 3 is 1.10 bits per heavy atom. The quantitative estimate of drug-likeness (QED) is 0.0598. The Morgan fingerprint density at radius 1 is 0.513 bits per heavy atom. The molecular formula is C32H60O7. The van der Waals surface area contributed by atoms with Gasteiger partial charge in [-0.05, 0) is 6.42 Å². The molecule has 0 aliphatic heterocycles. The molecule has 0 rings (SSSR count). The normalized spacial score (nSPS) is 12.8. The summed E-state index contributed by atoms with van der Waals surface area (Å²) < 4.78 is 4.96. The van der Waals surface area contributed by atoms with Gasteiger partial charge in [0.25, 0.3) is 0 Å². The second-order valence-corrected chi connectivity index (χ2v) is 11.4. The molecule has 0 saturated carbocycles. The fraction of sp³-hybridized carbons (Fsp3) is 0.906. The first-order valence-corrected chi connectivity index (χ1v) is 16.1. The van der Waals surface area contributed by atoms with Crippen molar-refractivity contribution < 1.29 is 34.4 Å². The zero-order valence-electron chi connectivity index (χ0n) is 25.1. The number of carbonyl (C=O) groups excluding carboxylic acids is 1. The molecule has 0 aliphatic carbocycles. The zero-order valence-corrected chi connectivity index (χ0v) is 25.1. The van der Waals surface area contributed by atoms with Gasteiger partial charge in [0.1, 0.15) is 0 Å². The minimum absolute atomic E-state index is 0.154. The molecule has 1 unspecified atom stereocenters. The number of aliphatic hydroxyl groups is 1. The lowest BCUT2D eigenvalue weighted by molar-refractivity contribution is -0.172. The summed E-state index contributed by atoms with van der Waals surface area (Å²) in [6.07, 6.45) is 29.6. The van der Waals surface area contributed by atoms with Crippen LogP contribution in [-0.2, 0) is 19.1 Å². The molecule has 0 aromatic rings. The Kier molecular flexibility index (Phi) is 25.5. The molecule has 7 heteroatoms. The number of carboxylic acid groups (broad SMARTS) is 2. The summed E-state index contributed by atoms with van der Waals surface area (Å²) in [5.74, 6) is -4.12. The first-order valence-electron chi connectivity index (χ1n) is 16.1. The summed E-state index contributed by atoms with van der Waals surface area (Å²) in [4.78, 5) is 33.5. The van der Waals surface area contributed by atoms with E-state index < -0.39 is 36.4 Å². The fourth-order valence-electron chi connectivity index (χ4n) is 5.00. The van der Waals surface area contributed by atoms with Gasteiger partial charge < -0.3 is 20.1 Å². The molecule has 0 aromatic heterocycles. The minimum Gasteiger partial charge on any atom is -0.481 e. The Hall–Kier alpha value is -1.63. The molecule has 0 aliphatic rings. The molecule has 0 radical (unpaired) electrons. The van der Waals surface area contributed by atoms with Crippen molar-refractivity contribution in [1.82, 2.24) is 0 Å². The van der Waals surface area contributed by atoms with Crippen LogP contribution >= 0.6 is 0 Å². The second kappa shape index (κ2) is 26.6. The van der Waals surface area contributed by atoms with Gasteiger partial charge in [-0.25, -0.2) is 4.79 Å². The van der Waals surface area contributed by atoms with E-state index in [1.54, 1.807) is 0 Å². The molecule has 3 N–H and O–H groups in total. The third kappa shape index (κ3) is 25.1. The average molecular weight is 557 g/mol. The van der Waals surface area contributed by atoms with Crippen LogP contribution in [0, 0.1) is 0 Å². The maximum Gasteiger partial charge on any atom is 0.336 e. The fourth-order valence-corrected chi connectivity index (χ4v) is 5.00. The van der Waals surface area contributed by atoms with E-state index >= 15 is 0 Å². The lowest BCUT2D eigenvalue weighted by Crippen LogP contribution is -2.43. The smallest absolute Gasteiger partial charge is 0.336 e. The van der Waals surface area contributed by atoms with Crippen molar-refractivity contribution in [3.05, 3.63) is 0 Å². The van der Waals surface area contributed by atoms with Gasteiger partial charge in [0.15, 0.2) is 5.60 Å². The van der Waals surface area contributed by atoms with Crippen LogP contribution in [0.1, 0.15) is 174 Å². The van der Waals surface area contributed by atoms with Crippen LogP contribution in [0.15, 0.2) is 0 Å². The number of esters is 1. The van der Waals surface area contributed by atoms with Crippen LogP contribution in [0.2, 0.25) is 0 Å². The summed E-state index contributed by atoms with van der Waals surface area (Å²) >= 11 is 0. The Bertz CT molecular complexity index is 607. The summed E-state index contributed by atoms with van der Waals surface area (Å²) in [7, 11) is 0. The first kappa shape index (κ1) is 37.4. The van der Waals surface area contributed by atoms with Crippen molar-refractivity contribution in [2.45, 2.75) is 179 Å². The first-order chi connectivity index (χ1) is 18.8. The Balaban J connectivity index is 3.33. The SMILES string of the molecule is CCCCCCCCCCCCCCCCCCCCCCCCCCOC(=O)CC(O)(CC(=O)O)C(=O)O. The van der Waals surface area contributed by atoms with Crippen LogP contribution in [0.3, 0.4) is 0 Å². The Labute approximate surface area is 238 Å². The van der Waals surface area contributed by atoms with E-state index in [1.165, 1.54) is 128 Å². The maximum absolute atomic E-state index is 11.7. The van der Waals surface area contributed by atoms with Crippen molar-refractivity contribution in [3.63, 3.8) is 0 Å². The molecular weight excluding hydrogens is 496 g/mol. The average Bonchev–Trinajstić information content (AvgIpc) is 2.88. The number of carbonyl (C=O) groups is 3. The molecule has 0 amide bonds. The highest BCUT2D eigenvalue weighted by atomic mass is 16.5. The van der Waals surface area contributed by atoms with Crippen molar-refractivity contribution in [1.29, 1.82) is 0 Å². The van der Waals surface area contributed by atoms with Gasteiger partial charge >= 0.3 is 17.9 Å². The van der Waals surface area contributed by atoms with Gasteiger partial charge in [0, 0.05) is 0 Å². The van der Waals surface area contributed by atoms with Crippen LogP contribution in [0.5, 0.6) is 0 Å². The van der Waals surface area contributed by atoms with Crippen molar-refractivity contribution in [3.8, 4) is 0 Å². The molecule has 0 spiro atoms. The second-order valence-electron chi connectivity index (χ2n) is 11.4. The number of unbranched alkanes of at least 4 members (excludes halogenated alkanes) is 23. The predicted molar refractivity (Wildman–Crippen MR) is 157 cm³/mol. The molecule has 230 valence electrons. The molecule has 0 heterocycles. The van der Waals surface area contributed by atoms with Gasteiger partial charge in [-0.15, -0.1) is 0 Å². The largest absolute Gasteiger partial charge is 0.481 e. The number of carboxylic acids is 2. The predicted octanol–water partition coefficient (Wildman–Crippen LogP) is 8.59. The van der Waals surface area contributed by atoms with Gasteiger partial charge in [0.05, 0.1) is 19.4 Å². The molecule has 0 aromatic carbocycles. The van der Waals surface area contributed by atoms with E-state index in [1.807, 2.05) is 0 Å². The van der Waals surface area contributed by atoms with Crippen molar-refractivity contribution >= 4 is 17.9 Å². The van der Waals surface area contributed by atoms with E-state index in [0.717, 1.165) is 19.3 Å². The third-order valence-electron chi connectivity index (χ3n) is 7.54. The van der Waals surface area contributed by atoms with Crippen molar-refractivity contribution in [2.24, 2.45) is 0 Å². The summed E-state index contributed by atoms with van der Waals surface area (Å²) in [6, 6.07) is 0. The van der Waals surface area contributed by atoms with Gasteiger partial charge in [-0.1, -0.05) is 155 Å². The number of ether oxygens (including phenoxy) is 1. The molecule has 7 nitrogen and oxygen atoms in total. The molecule has 0 fully saturated rings. The monoisotopic (exact) mass is 556 g/mol. The topological polar surface area (TPSA) is 121 Å². The van der Waals surface area contributed by atoms with Gasteiger partial charge in [-0.2, -0.15) is 0 Å². The van der Waals surface area contributed by atoms with Crippen LogP contribution < -0.4 is 0 Å². The highest BCUT2D eigenvalue weighted by Crippen LogP contribution is 2.18. The van der Waals surface area contributed by atoms with E-state index in [0.29, 0.717) is 6.42 Å². The number of rotatable bonds is 30. The number of hydrogen-bond acceptors (Lipinski definition) is 5. The van der Waals surface area contributed by atoms with Crippen LogP contribution in [0.4, 0.5) is 0 Å². The van der Waals surface area contributed by atoms with E-state index in [4.69, 9.17) is 14.9 Å². The van der Waals surface area contributed by atoms with E-state index in [2.05, 4.69) is 6.92 Å². The van der Waals surface area contributed by atoms with Crippen LogP contribution in [0.25, 0.3) is 0 Å². The standard InChI is InChI=1S/C32H60O7/c1-2-3-4-5-6-7-8-9-10-11-12-13-14-15-16-17-18-19-20-21-22-23-24-25-26-39-30(35)28-32(38,31(36)37)27-29(33)34/h38H,2-28H2,1H3,(H,33,34)(H,36,37). The lowest BCUT2D eigenvalue weighted by Gasteiger charge is -2.20. The minimum atomic E-state index is -2.63. The number of aliphatic carboxylic acids is 2. The van der Waals surface area contributed by atoms with Crippen LogP contribution in [-0.4, -0.2) is 45.4 Å². The lowest BCUT2D eigenvalue weighted by atomic mass is 9.96. The molecule has 0 bridgehead atoms. The third-order valence-corrected chi connectivity index (χ3v) is 7.54. The highest BCUT2D eigenvalue weighted by molar-refractivity contribution is 5.88. The maximum atomic E-state index is 11.7. The van der Waals surface area contributed by atoms with Gasteiger partial charge in [0.2, 0.25) is 0 Å². The number of hydrogen-bond donors (Lipinski definition) is 3. The summed E-state index contributed by atoms with van der Waals surface area (Å²) in [6.45, 7) is 2.43. The molecule has 1 atom stereocenters. The molecule has 0 saturated heterocycles. The van der Waals surface area contributed by atoms with Crippen molar-refractivity contribution in [2.75, 3.05) is 6.61 Å². The van der Waals surface area contributed by atoms with E-state index in [9.17, 15) is 19.5 Å². The zero-order chi connectivity index (χ0) is 29.0. The highest BCUT2D eigenvalue weighted by Gasteiger charge is 2.41. The van der Waals surface area contributed by atoms with E-state index in [-0.39, 0.29) is 6.61 Å². The summed E-state index contributed by atoms with van der Waals surface area (Å²) in [5, 5.41) is 27.5. The van der Waals surface area contributed by atoms with Gasteiger partial charge in [-0.3, -0.25) is 9.59 Å². The summed E-state index contributed by atoms with van der Waals surface area (Å²) in [5.41, 5.74) is -2.63. The molecule has 39 heavy (non-hydrogen) atoms. The Morgan fingerprint density at radius 2 is 0.821 bits per heavy atom.